The van der Waals surface area contributed by atoms with Crippen molar-refractivity contribution >= 4 is 30.1 Å². The van der Waals surface area contributed by atoms with Gasteiger partial charge in [0.15, 0.2) is 0 Å². The molecule has 4 atom stereocenters. The summed E-state index contributed by atoms with van der Waals surface area (Å²) >= 11 is 0. The van der Waals surface area contributed by atoms with Crippen molar-refractivity contribution in [3.63, 3.8) is 0 Å². The molecule has 2 amide bonds. The Bertz CT molecular complexity index is 813. The maximum atomic E-state index is 12.9. The van der Waals surface area contributed by atoms with Gasteiger partial charge < -0.3 is 9.31 Å². The predicted molar refractivity (Wildman–Crippen MR) is 102 cm³/mol. The first-order valence-corrected chi connectivity index (χ1v) is 9.71. The van der Waals surface area contributed by atoms with Crippen LogP contribution in [0.15, 0.2) is 36.4 Å². The number of carbonyl (C=O) groups excluding carboxylic acids is 2. The molecule has 1 aromatic carbocycles. The highest BCUT2D eigenvalue weighted by Gasteiger charge is 2.59. The minimum Gasteiger partial charge on any atom is -0.399 e. The number of rotatable bonds is 2. The molecule has 2 aliphatic carbocycles. The Balaban J connectivity index is 1.39. The molecule has 3 fully saturated rings. The lowest BCUT2D eigenvalue weighted by Crippen LogP contribution is -2.41. The van der Waals surface area contributed by atoms with Crippen molar-refractivity contribution in [1.82, 2.24) is 0 Å². The molecular formula is C21H24BNO4. The van der Waals surface area contributed by atoms with Gasteiger partial charge in [0.05, 0.1) is 28.7 Å². The highest BCUT2D eigenvalue weighted by molar-refractivity contribution is 6.62. The van der Waals surface area contributed by atoms with Crippen molar-refractivity contribution in [3.05, 3.63) is 36.4 Å². The molecule has 140 valence electrons. The number of hydrogen-bond acceptors (Lipinski definition) is 4. The summed E-state index contributed by atoms with van der Waals surface area (Å²) in [5.74, 6) is 0.0111. The summed E-state index contributed by atoms with van der Waals surface area (Å²) in [6, 6.07) is 7.43. The van der Waals surface area contributed by atoms with Gasteiger partial charge in [-0.1, -0.05) is 24.3 Å². The molecule has 2 saturated heterocycles. The fourth-order valence-corrected chi connectivity index (χ4v) is 4.92. The smallest absolute Gasteiger partial charge is 0.399 e. The Morgan fingerprint density at radius 1 is 0.889 bits per heavy atom. The van der Waals surface area contributed by atoms with Crippen LogP contribution < -0.4 is 10.4 Å². The molecule has 2 aliphatic heterocycles. The molecule has 0 spiro atoms. The zero-order chi connectivity index (χ0) is 19.1. The van der Waals surface area contributed by atoms with Crippen molar-refractivity contribution in [2.45, 2.75) is 45.3 Å². The third kappa shape index (κ3) is 2.26. The number of allylic oxidation sites excluding steroid dienone is 2. The van der Waals surface area contributed by atoms with E-state index in [9.17, 15) is 9.59 Å². The number of fused-ring (bicyclic) bond motifs is 5. The average Bonchev–Trinajstić information content (AvgIpc) is 3.32. The average molecular weight is 365 g/mol. The number of carbonyl (C=O) groups is 2. The van der Waals surface area contributed by atoms with E-state index in [0.717, 1.165) is 11.9 Å². The molecule has 5 rings (SSSR count). The van der Waals surface area contributed by atoms with Crippen LogP contribution in [0.5, 0.6) is 0 Å². The van der Waals surface area contributed by atoms with Gasteiger partial charge in [-0.3, -0.25) is 14.5 Å². The van der Waals surface area contributed by atoms with Crippen molar-refractivity contribution < 1.29 is 18.9 Å². The van der Waals surface area contributed by atoms with E-state index in [1.54, 1.807) is 0 Å². The number of amides is 2. The fourth-order valence-electron chi connectivity index (χ4n) is 4.92. The number of hydrogen-bond donors (Lipinski definition) is 0. The topological polar surface area (TPSA) is 55.8 Å². The summed E-state index contributed by atoms with van der Waals surface area (Å²) in [6.45, 7) is 8.07. The first-order chi connectivity index (χ1) is 12.7. The largest absolute Gasteiger partial charge is 0.494 e. The molecule has 0 aromatic heterocycles. The Labute approximate surface area is 159 Å². The highest BCUT2D eigenvalue weighted by atomic mass is 16.7. The Kier molecular flexibility index (Phi) is 3.39. The second kappa shape index (κ2) is 5.33. The van der Waals surface area contributed by atoms with E-state index in [-0.39, 0.29) is 35.5 Å². The lowest BCUT2D eigenvalue weighted by atomic mass is 9.79. The van der Waals surface area contributed by atoms with Crippen LogP contribution in [-0.2, 0) is 18.9 Å². The third-order valence-electron chi connectivity index (χ3n) is 7.15. The molecular weight excluding hydrogens is 341 g/mol. The molecule has 6 heteroatoms. The van der Waals surface area contributed by atoms with Gasteiger partial charge in [0, 0.05) is 0 Å². The second-order valence-electron chi connectivity index (χ2n) is 9.19. The Hall–Kier alpha value is -1.92. The van der Waals surface area contributed by atoms with Gasteiger partial charge in [-0.25, -0.2) is 0 Å². The summed E-state index contributed by atoms with van der Waals surface area (Å²) in [6.07, 6.45) is 5.17. The monoisotopic (exact) mass is 365 g/mol. The Morgan fingerprint density at radius 2 is 1.37 bits per heavy atom. The lowest BCUT2D eigenvalue weighted by Gasteiger charge is -2.32. The fraction of sp³-hybridized carbons (Fsp3) is 0.524. The van der Waals surface area contributed by atoms with Crippen molar-refractivity contribution in [2.24, 2.45) is 23.7 Å². The Morgan fingerprint density at radius 3 is 1.85 bits per heavy atom. The van der Waals surface area contributed by atoms with Gasteiger partial charge in [0.1, 0.15) is 0 Å². The SMILES string of the molecule is CC1(C)OB(c2ccc(N3C(=O)[C@@H]4[C@@H](C3=O)[C@@H]3C=C[C@@H]4C3)cc2)OC1(C)C. The summed E-state index contributed by atoms with van der Waals surface area (Å²) in [4.78, 5) is 27.2. The molecule has 4 aliphatic rings. The third-order valence-corrected chi connectivity index (χ3v) is 7.15. The molecule has 0 radical (unpaired) electrons. The van der Waals surface area contributed by atoms with Crippen LogP contribution in [0.25, 0.3) is 0 Å². The normalized spacial score (nSPS) is 35.4. The highest BCUT2D eigenvalue weighted by Crippen LogP contribution is 2.53. The summed E-state index contributed by atoms with van der Waals surface area (Å²) < 4.78 is 12.2. The molecule has 0 unspecified atom stereocenters. The first kappa shape index (κ1) is 17.2. The van der Waals surface area contributed by atoms with Gasteiger partial charge in [0.2, 0.25) is 11.8 Å². The lowest BCUT2D eigenvalue weighted by molar-refractivity contribution is -0.123. The number of nitrogens with zero attached hydrogens (tertiary/aromatic N) is 1. The van der Waals surface area contributed by atoms with Crippen LogP contribution in [0, 0.1) is 23.7 Å². The van der Waals surface area contributed by atoms with E-state index < -0.39 is 18.3 Å². The second-order valence-corrected chi connectivity index (χ2v) is 9.19. The molecule has 0 N–H and O–H groups in total. The molecule has 27 heavy (non-hydrogen) atoms. The standard InChI is InChI=1S/C21H24BNO4/c1-20(2)21(3,4)27-22(26-20)14-7-9-15(10-8-14)23-18(24)16-12-5-6-13(11-12)17(16)19(23)25/h5-10,12-13,16-17H,11H2,1-4H3/t12-,13-,16+,17+/m1/s1. The maximum absolute atomic E-state index is 12.9. The minimum atomic E-state index is -0.451. The van der Waals surface area contributed by atoms with Crippen LogP contribution in [0.1, 0.15) is 34.1 Å². The van der Waals surface area contributed by atoms with E-state index in [1.165, 1.54) is 4.90 Å². The molecule has 5 nitrogen and oxygen atoms in total. The van der Waals surface area contributed by atoms with E-state index in [4.69, 9.17) is 9.31 Å². The molecule has 2 heterocycles. The van der Waals surface area contributed by atoms with E-state index in [2.05, 4.69) is 12.2 Å². The summed E-state index contributed by atoms with van der Waals surface area (Å²) in [7, 11) is -0.451. The van der Waals surface area contributed by atoms with E-state index >= 15 is 0 Å². The van der Waals surface area contributed by atoms with Crippen LogP contribution >= 0.6 is 0 Å². The van der Waals surface area contributed by atoms with Gasteiger partial charge in [-0.2, -0.15) is 0 Å². The van der Waals surface area contributed by atoms with Gasteiger partial charge >= 0.3 is 7.12 Å². The number of anilines is 1. The van der Waals surface area contributed by atoms with Crippen molar-refractivity contribution in [1.29, 1.82) is 0 Å². The van der Waals surface area contributed by atoms with Gasteiger partial charge in [0.25, 0.3) is 0 Å². The zero-order valence-electron chi connectivity index (χ0n) is 16.1. The van der Waals surface area contributed by atoms with Crippen molar-refractivity contribution in [2.75, 3.05) is 4.90 Å². The van der Waals surface area contributed by atoms with Gasteiger partial charge in [-0.05, 0) is 63.5 Å². The van der Waals surface area contributed by atoms with E-state index in [1.807, 2.05) is 52.0 Å². The predicted octanol–water partition coefficient (Wildman–Crippen LogP) is 2.30. The quantitative estimate of drug-likeness (QED) is 0.459. The summed E-state index contributed by atoms with van der Waals surface area (Å²) in [5.41, 5.74) is 0.722. The molecule has 1 saturated carbocycles. The van der Waals surface area contributed by atoms with Crippen molar-refractivity contribution in [3.8, 4) is 0 Å². The minimum absolute atomic E-state index is 0.0507. The van der Waals surface area contributed by atoms with Crippen LogP contribution in [0.2, 0.25) is 0 Å². The molecule has 1 aromatic rings. The van der Waals surface area contributed by atoms with Gasteiger partial charge in [-0.15, -0.1) is 0 Å². The number of benzene rings is 1. The van der Waals surface area contributed by atoms with E-state index in [0.29, 0.717) is 5.69 Å². The van der Waals surface area contributed by atoms with Crippen LogP contribution in [0.3, 0.4) is 0 Å². The first-order valence-electron chi connectivity index (χ1n) is 9.71. The zero-order valence-corrected chi connectivity index (χ0v) is 16.1. The van der Waals surface area contributed by atoms with Crippen LogP contribution in [-0.4, -0.2) is 30.1 Å². The maximum Gasteiger partial charge on any atom is 0.494 e. The summed E-state index contributed by atoms with van der Waals surface area (Å²) in [5, 5.41) is 0. The number of imide groups is 1. The van der Waals surface area contributed by atoms with Crippen LogP contribution in [0.4, 0.5) is 5.69 Å². The molecule has 2 bridgehead atoms.